The molecule has 2 aromatic carbocycles. The van der Waals surface area contributed by atoms with Crippen LogP contribution in [0.1, 0.15) is 52.7 Å². The quantitative estimate of drug-likeness (QED) is 0.407. The summed E-state index contributed by atoms with van der Waals surface area (Å²) in [5.74, 6) is -0.418. The highest BCUT2D eigenvalue weighted by molar-refractivity contribution is 7.10. The third-order valence-corrected chi connectivity index (χ3v) is 7.70. The average molecular weight is 495 g/mol. The fourth-order valence-electron chi connectivity index (χ4n) is 4.44. The molecule has 4 rings (SSSR count). The topological polar surface area (TPSA) is 49.9 Å². The third-order valence-electron chi connectivity index (χ3n) is 6.70. The van der Waals surface area contributed by atoms with E-state index < -0.39 is 11.7 Å². The Morgan fingerprint density at radius 2 is 1.91 bits per heavy atom. The third kappa shape index (κ3) is 5.40. The average Bonchev–Trinajstić information content (AvgIpc) is 3.35. The standard InChI is InChI=1S/C28H31FN2O3S/c1-4-20(3)31(28(33)21-10-6-7-11-23(21)29)17-27(32)30-15-13-26-22(14-16-35-26)24(30)18-34-25-12-8-5-9-19(25)2/h5-12,14,16,20,24H,4,13,15,17-18H2,1-3H3. The van der Waals surface area contributed by atoms with E-state index in [1.165, 1.54) is 21.9 Å². The second kappa shape index (κ2) is 11.0. The number of nitrogens with zero attached hydrogens (tertiary/aromatic N) is 2. The predicted molar refractivity (Wildman–Crippen MR) is 136 cm³/mol. The van der Waals surface area contributed by atoms with E-state index in [1.807, 2.05) is 55.3 Å². The highest BCUT2D eigenvalue weighted by Gasteiger charge is 2.34. The van der Waals surface area contributed by atoms with Crippen molar-refractivity contribution in [3.8, 4) is 5.75 Å². The number of carbonyl (C=O) groups excluding carboxylic acids is 2. The first-order valence-corrected chi connectivity index (χ1v) is 12.9. The number of fused-ring (bicyclic) bond motifs is 1. The molecule has 0 bridgehead atoms. The van der Waals surface area contributed by atoms with E-state index in [1.54, 1.807) is 23.5 Å². The fourth-order valence-corrected chi connectivity index (χ4v) is 5.36. The maximum atomic E-state index is 14.4. The molecule has 0 fully saturated rings. The van der Waals surface area contributed by atoms with Crippen LogP contribution in [-0.4, -0.2) is 47.4 Å². The minimum Gasteiger partial charge on any atom is -0.491 e. The summed E-state index contributed by atoms with van der Waals surface area (Å²) in [7, 11) is 0. The molecule has 1 aliphatic rings. The molecule has 0 saturated heterocycles. The lowest BCUT2D eigenvalue weighted by atomic mass is 10.00. The summed E-state index contributed by atoms with van der Waals surface area (Å²) in [6, 6.07) is 15.3. The maximum Gasteiger partial charge on any atom is 0.257 e. The van der Waals surface area contributed by atoms with Gasteiger partial charge < -0.3 is 14.5 Å². The first kappa shape index (κ1) is 24.9. The summed E-state index contributed by atoms with van der Waals surface area (Å²) in [6.45, 7) is 6.60. The maximum absolute atomic E-state index is 14.4. The molecule has 0 saturated carbocycles. The second-order valence-electron chi connectivity index (χ2n) is 8.90. The summed E-state index contributed by atoms with van der Waals surface area (Å²) >= 11 is 1.69. The molecule has 1 aliphatic heterocycles. The lowest BCUT2D eigenvalue weighted by Crippen LogP contribution is -2.50. The minimum atomic E-state index is -0.580. The van der Waals surface area contributed by atoms with Gasteiger partial charge in [0.05, 0.1) is 11.6 Å². The van der Waals surface area contributed by atoms with Crippen LogP contribution >= 0.6 is 11.3 Å². The van der Waals surface area contributed by atoms with Gasteiger partial charge in [0.15, 0.2) is 0 Å². The number of ether oxygens (including phenoxy) is 1. The summed E-state index contributed by atoms with van der Waals surface area (Å²) in [5.41, 5.74) is 2.11. The summed E-state index contributed by atoms with van der Waals surface area (Å²) in [5, 5.41) is 2.05. The zero-order valence-corrected chi connectivity index (χ0v) is 21.2. The van der Waals surface area contributed by atoms with Gasteiger partial charge in [-0.3, -0.25) is 9.59 Å². The summed E-state index contributed by atoms with van der Waals surface area (Å²) < 4.78 is 20.6. The highest BCUT2D eigenvalue weighted by Crippen LogP contribution is 2.34. The Hall–Kier alpha value is -3.19. The van der Waals surface area contributed by atoms with Crippen molar-refractivity contribution in [2.75, 3.05) is 19.7 Å². The number of halogens is 1. The molecule has 2 atom stereocenters. The van der Waals surface area contributed by atoms with Crippen LogP contribution in [-0.2, 0) is 11.2 Å². The van der Waals surface area contributed by atoms with Crippen molar-refractivity contribution in [1.82, 2.24) is 9.80 Å². The van der Waals surface area contributed by atoms with E-state index >= 15 is 0 Å². The number of rotatable bonds is 8. The number of aryl methyl sites for hydroxylation is 1. The van der Waals surface area contributed by atoms with Gasteiger partial charge in [0.1, 0.15) is 24.7 Å². The molecule has 2 unspecified atom stereocenters. The van der Waals surface area contributed by atoms with Crippen molar-refractivity contribution < 1.29 is 18.7 Å². The molecule has 184 valence electrons. The zero-order valence-electron chi connectivity index (χ0n) is 20.4. The van der Waals surface area contributed by atoms with Gasteiger partial charge in [0.25, 0.3) is 5.91 Å². The number of carbonyl (C=O) groups is 2. The molecule has 7 heteroatoms. The number of amides is 2. The van der Waals surface area contributed by atoms with E-state index in [0.29, 0.717) is 19.6 Å². The van der Waals surface area contributed by atoms with Gasteiger partial charge in [-0.2, -0.15) is 0 Å². The van der Waals surface area contributed by atoms with Crippen LogP contribution in [0.4, 0.5) is 4.39 Å². The molecule has 0 radical (unpaired) electrons. The van der Waals surface area contributed by atoms with Crippen LogP contribution in [0.5, 0.6) is 5.75 Å². The van der Waals surface area contributed by atoms with E-state index in [9.17, 15) is 14.0 Å². The Balaban J connectivity index is 1.57. The Labute approximate surface area is 210 Å². The molecule has 2 heterocycles. The molecule has 5 nitrogen and oxygen atoms in total. The van der Waals surface area contributed by atoms with E-state index in [-0.39, 0.29) is 30.1 Å². The number of hydrogen-bond donors (Lipinski definition) is 0. The van der Waals surface area contributed by atoms with E-state index in [2.05, 4.69) is 6.07 Å². The molecular weight excluding hydrogens is 463 g/mol. The van der Waals surface area contributed by atoms with Gasteiger partial charge in [-0.05, 0) is 67.5 Å². The lowest BCUT2D eigenvalue weighted by molar-refractivity contribution is -0.136. The van der Waals surface area contributed by atoms with Gasteiger partial charge in [0, 0.05) is 17.5 Å². The molecule has 2 amide bonds. The zero-order chi connectivity index (χ0) is 24.9. The fraction of sp³-hybridized carbons (Fsp3) is 0.357. The summed E-state index contributed by atoms with van der Waals surface area (Å²) in [6.07, 6.45) is 1.42. The smallest absolute Gasteiger partial charge is 0.257 e. The number of para-hydroxylation sites is 1. The van der Waals surface area contributed by atoms with Gasteiger partial charge in [0.2, 0.25) is 5.91 Å². The molecule has 0 N–H and O–H groups in total. The largest absolute Gasteiger partial charge is 0.491 e. The molecule has 1 aromatic heterocycles. The van der Waals surface area contributed by atoms with E-state index in [4.69, 9.17) is 4.74 Å². The minimum absolute atomic E-state index is 0.0150. The van der Waals surface area contributed by atoms with Crippen molar-refractivity contribution in [2.24, 2.45) is 0 Å². The Bertz CT molecular complexity index is 1190. The van der Waals surface area contributed by atoms with Crippen molar-refractivity contribution >= 4 is 23.2 Å². The van der Waals surface area contributed by atoms with Crippen LogP contribution in [0.2, 0.25) is 0 Å². The van der Waals surface area contributed by atoms with Crippen molar-refractivity contribution in [1.29, 1.82) is 0 Å². The van der Waals surface area contributed by atoms with Crippen LogP contribution < -0.4 is 4.74 Å². The van der Waals surface area contributed by atoms with Gasteiger partial charge in [-0.25, -0.2) is 4.39 Å². The normalized spacial score (nSPS) is 15.9. The second-order valence-corrected chi connectivity index (χ2v) is 9.90. The summed E-state index contributed by atoms with van der Waals surface area (Å²) in [4.78, 5) is 31.5. The molecular formula is C28H31FN2O3S. The molecule has 35 heavy (non-hydrogen) atoms. The highest BCUT2D eigenvalue weighted by atomic mass is 32.1. The van der Waals surface area contributed by atoms with Gasteiger partial charge >= 0.3 is 0 Å². The van der Waals surface area contributed by atoms with Crippen molar-refractivity contribution in [2.45, 2.75) is 45.7 Å². The Kier molecular flexibility index (Phi) is 7.86. The molecule has 3 aromatic rings. The van der Waals surface area contributed by atoms with Crippen LogP contribution in [0.25, 0.3) is 0 Å². The predicted octanol–water partition coefficient (Wildman–Crippen LogP) is 5.64. The SMILES string of the molecule is CCC(C)N(CC(=O)N1CCc2sccc2C1COc1ccccc1C)C(=O)c1ccccc1F. The van der Waals surface area contributed by atoms with E-state index in [0.717, 1.165) is 23.3 Å². The van der Waals surface area contributed by atoms with Crippen LogP contribution in [0.15, 0.2) is 60.0 Å². The Morgan fingerprint density at radius 3 is 2.66 bits per heavy atom. The number of hydrogen-bond acceptors (Lipinski definition) is 4. The Morgan fingerprint density at radius 1 is 1.17 bits per heavy atom. The van der Waals surface area contributed by atoms with Crippen LogP contribution in [0.3, 0.4) is 0 Å². The first-order chi connectivity index (χ1) is 16.9. The van der Waals surface area contributed by atoms with Crippen LogP contribution in [0, 0.1) is 12.7 Å². The van der Waals surface area contributed by atoms with Crippen molar-refractivity contribution in [3.63, 3.8) is 0 Å². The van der Waals surface area contributed by atoms with Gasteiger partial charge in [-0.15, -0.1) is 11.3 Å². The lowest BCUT2D eigenvalue weighted by Gasteiger charge is -2.38. The van der Waals surface area contributed by atoms with Crippen molar-refractivity contribution in [3.05, 3.63) is 87.4 Å². The number of thiophene rings is 1. The molecule has 0 spiro atoms. The van der Waals surface area contributed by atoms with Gasteiger partial charge in [-0.1, -0.05) is 37.3 Å². The molecule has 0 aliphatic carbocycles. The first-order valence-electron chi connectivity index (χ1n) is 12.0. The number of benzene rings is 2. The monoisotopic (exact) mass is 494 g/mol.